The van der Waals surface area contributed by atoms with Crippen molar-refractivity contribution in [2.75, 3.05) is 6.61 Å². The summed E-state index contributed by atoms with van der Waals surface area (Å²) in [7, 11) is 0. The van der Waals surface area contributed by atoms with Gasteiger partial charge < -0.3 is 4.74 Å². The molecule has 1 aromatic carbocycles. The number of aromatic nitrogens is 3. The first-order valence-corrected chi connectivity index (χ1v) is 7.26. The first kappa shape index (κ1) is 15.2. The SMILES string of the molecule is CC(C)CCn1nnc(C=O)c1CCOc1ccccc1. The summed E-state index contributed by atoms with van der Waals surface area (Å²) < 4.78 is 7.49. The third kappa shape index (κ3) is 4.41. The van der Waals surface area contributed by atoms with Gasteiger partial charge in [-0.05, 0) is 24.5 Å². The summed E-state index contributed by atoms with van der Waals surface area (Å²) >= 11 is 0. The molecule has 0 fully saturated rings. The predicted molar refractivity (Wildman–Crippen MR) is 80.5 cm³/mol. The van der Waals surface area contributed by atoms with Crippen molar-refractivity contribution in [3.63, 3.8) is 0 Å². The van der Waals surface area contributed by atoms with Crippen molar-refractivity contribution < 1.29 is 9.53 Å². The van der Waals surface area contributed by atoms with E-state index in [1.807, 2.05) is 35.0 Å². The second kappa shape index (κ2) is 7.57. The third-order valence-electron chi connectivity index (χ3n) is 3.25. The summed E-state index contributed by atoms with van der Waals surface area (Å²) in [6.07, 6.45) is 2.39. The van der Waals surface area contributed by atoms with E-state index in [0.717, 1.165) is 30.7 Å². The number of para-hydroxylation sites is 1. The molecule has 0 N–H and O–H groups in total. The van der Waals surface area contributed by atoms with Crippen LogP contribution in [0.3, 0.4) is 0 Å². The van der Waals surface area contributed by atoms with Crippen LogP contribution in [-0.4, -0.2) is 27.9 Å². The number of carbonyl (C=O) groups is 1. The molecular weight excluding hydrogens is 266 g/mol. The Morgan fingerprint density at radius 3 is 2.71 bits per heavy atom. The van der Waals surface area contributed by atoms with Gasteiger partial charge in [0.15, 0.2) is 6.29 Å². The van der Waals surface area contributed by atoms with E-state index in [1.54, 1.807) is 0 Å². The van der Waals surface area contributed by atoms with Crippen molar-refractivity contribution in [3.05, 3.63) is 41.7 Å². The maximum absolute atomic E-state index is 11.1. The van der Waals surface area contributed by atoms with Crippen LogP contribution >= 0.6 is 0 Å². The van der Waals surface area contributed by atoms with Gasteiger partial charge in [-0.25, -0.2) is 4.68 Å². The zero-order valence-electron chi connectivity index (χ0n) is 12.5. The summed E-state index contributed by atoms with van der Waals surface area (Å²) in [5, 5.41) is 7.99. The van der Waals surface area contributed by atoms with E-state index in [4.69, 9.17) is 4.74 Å². The Kier molecular flexibility index (Phi) is 5.49. The van der Waals surface area contributed by atoms with Crippen LogP contribution in [0.15, 0.2) is 30.3 Å². The van der Waals surface area contributed by atoms with Crippen LogP contribution in [0.25, 0.3) is 0 Å². The van der Waals surface area contributed by atoms with Crippen LogP contribution in [-0.2, 0) is 13.0 Å². The molecule has 0 unspecified atom stereocenters. The van der Waals surface area contributed by atoms with Gasteiger partial charge in [-0.2, -0.15) is 0 Å². The smallest absolute Gasteiger partial charge is 0.172 e. The lowest BCUT2D eigenvalue weighted by Crippen LogP contribution is -2.12. The Balaban J connectivity index is 1.97. The van der Waals surface area contributed by atoms with Gasteiger partial charge in [0.25, 0.3) is 0 Å². The van der Waals surface area contributed by atoms with Gasteiger partial charge in [0.05, 0.1) is 12.3 Å². The fraction of sp³-hybridized carbons (Fsp3) is 0.438. The second-order valence-electron chi connectivity index (χ2n) is 5.36. The quantitative estimate of drug-likeness (QED) is 0.700. The van der Waals surface area contributed by atoms with Crippen LogP contribution in [0.5, 0.6) is 5.75 Å². The van der Waals surface area contributed by atoms with Crippen molar-refractivity contribution in [1.29, 1.82) is 0 Å². The molecule has 0 amide bonds. The first-order chi connectivity index (χ1) is 10.2. The van der Waals surface area contributed by atoms with Gasteiger partial charge in [0, 0.05) is 13.0 Å². The van der Waals surface area contributed by atoms with E-state index in [2.05, 4.69) is 24.2 Å². The molecule has 1 aromatic heterocycles. The second-order valence-corrected chi connectivity index (χ2v) is 5.36. The van der Waals surface area contributed by atoms with Gasteiger partial charge in [-0.1, -0.05) is 37.3 Å². The highest BCUT2D eigenvalue weighted by Gasteiger charge is 2.12. The summed E-state index contributed by atoms with van der Waals surface area (Å²) in [6.45, 7) is 5.60. The molecule has 2 aromatic rings. The van der Waals surface area contributed by atoms with Crippen LogP contribution < -0.4 is 4.74 Å². The third-order valence-corrected chi connectivity index (χ3v) is 3.25. The Hall–Kier alpha value is -2.17. The minimum absolute atomic E-state index is 0.412. The number of aldehydes is 1. The van der Waals surface area contributed by atoms with E-state index < -0.39 is 0 Å². The zero-order valence-corrected chi connectivity index (χ0v) is 12.5. The topological polar surface area (TPSA) is 57.0 Å². The normalized spacial score (nSPS) is 10.8. The van der Waals surface area contributed by atoms with Gasteiger partial charge >= 0.3 is 0 Å². The van der Waals surface area contributed by atoms with Crippen molar-refractivity contribution >= 4 is 6.29 Å². The summed E-state index contributed by atoms with van der Waals surface area (Å²) in [6, 6.07) is 9.63. The van der Waals surface area contributed by atoms with Crippen molar-refractivity contribution in [2.45, 2.75) is 33.2 Å². The molecule has 0 spiro atoms. The Morgan fingerprint density at radius 1 is 1.29 bits per heavy atom. The van der Waals surface area contributed by atoms with Crippen LogP contribution in [0.1, 0.15) is 36.5 Å². The molecule has 5 heteroatoms. The standard InChI is InChI=1S/C16H21N3O2/c1-13(2)8-10-19-16(15(12-20)17-18-19)9-11-21-14-6-4-3-5-7-14/h3-7,12-13H,8-11H2,1-2H3. The first-order valence-electron chi connectivity index (χ1n) is 7.26. The lowest BCUT2D eigenvalue weighted by molar-refractivity contribution is 0.111. The van der Waals surface area contributed by atoms with Crippen LogP contribution in [0.2, 0.25) is 0 Å². The average Bonchev–Trinajstić information content (AvgIpc) is 2.88. The molecule has 1 heterocycles. The molecule has 0 aliphatic rings. The van der Waals surface area contributed by atoms with Gasteiger partial charge in [-0.3, -0.25) is 4.79 Å². The number of aryl methyl sites for hydroxylation is 1. The van der Waals surface area contributed by atoms with Gasteiger partial charge in [0.2, 0.25) is 0 Å². The largest absolute Gasteiger partial charge is 0.493 e. The van der Waals surface area contributed by atoms with Crippen molar-refractivity contribution in [1.82, 2.24) is 15.0 Å². The van der Waals surface area contributed by atoms with E-state index in [1.165, 1.54) is 0 Å². The Morgan fingerprint density at radius 2 is 2.05 bits per heavy atom. The van der Waals surface area contributed by atoms with Crippen molar-refractivity contribution in [3.8, 4) is 5.75 Å². The number of carbonyl (C=O) groups excluding carboxylic acids is 1. The fourth-order valence-electron chi connectivity index (χ4n) is 2.04. The van der Waals surface area contributed by atoms with Crippen LogP contribution in [0, 0.1) is 5.92 Å². The highest BCUT2D eigenvalue weighted by Crippen LogP contribution is 2.11. The minimum atomic E-state index is 0.412. The number of ether oxygens (including phenoxy) is 1. The highest BCUT2D eigenvalue weighted by molar-refractivity contribution is 5.73. The molecule has 5 nitrogen and oxygen atoms in total. The lowest BCUT2D eigenvalue weighted by atomic mass is 10.1. The van der Waals surface area contributed by atoms with Gasteiger partial charge in [-0.15, -0.1) is 5.10 Å². The molecule has 0 aliphatic heterocycles. The lowest BCUT2D eigenvalue weighted by Gasteiger charge is -2.09. The molecule has 0 saturated carbocycles. The molecule has 0 aliphatic carbocycles. The number of rotatable bonds is 8. The molecule has 0 radical (unpaired) electrons. The van der Waals surface area contributed by atoms with Gasteiger partial charge in [0.1, 0.15) is 11.4 Å². The molecule has 21 heavy (non-hydrogen) atoms. The van der Waals surface area contributed by atoms with Crippen LogP contribution in [0.4, 0.5) is 0 Å². The summed E-state index contributed by atoms with van der Waals surface area (Å²) in [5.74, 6) is 1.41. The monoisotopic (exact) mass is 287 g/mol. The maximum Gasteiger partial charge on any atom is 0.172 e. The maximum atomic E-state index is 11.1. The zero-order chi connectivity index (χ0) is 15.1. The molecule has 0 bridgehead atoms. The van der Waals surface area contributed by atoms with E-state index in [0.29, 0.717) is 24.6 Å². The van der Waals surface area contributed by atoms with E-state index in [9.17, 15) is 4.79 Å². The minimum Gasteiger partial charge on any atom is -0.493 e. The number of nitrogens with zero attached hydrogens (tertiary/aromatic N) is 3. The summed E-state index contributed by atoms with van der Waals surface area (Å²) in [4.78, 5) is 11.1. The molecule has 112 valence electrons. The molecule has 0 saturated heterocycles. The molecule has 2 rings (SSSR count). The Labute approximate surface area is 124 Å². The fourth-order valence-corrected chi connectivity index (χ4v) is 2.04. The average molecular weight is 287 g/mol. The number of hydrogen-bond donors (Lipinski definition) is 0. The van der Waals surface area contributed by atoms with Crippen molar-refractivity contribution in [2.24, 2.45) is 5.92 Å². The number of benzene rings is 1. The highest BCUT2D eigenvalue weighted by atomic mass is 16.5. The molecule has 0 atom stereocenters. The Bertz CT molecular complexity index is 564. The van der Waals surface area contributed by atoms with E-state index >= 15 is 0 Å². The predicted octanol–water partition coefficient (Wildman–Crippen LogP) is 2.76. The summed E-state index contributed by atoms with van der Waals surface area (Å²) in [5.41, 5.74) is 1.26. The number of hydrogen-bond acceptors (Lipinski definition) is 4. The molecular formula is C16H21N3O2. The van der Waals surface area contributed by atoms with E-state index in [-0.39, 0.29) is 0 Å².